The first-order valence-corrected chi connectivity index (χ1v) is 9.73. The molecular formula is C23H14BrF3O3. The highest BCUT2D eigenvalue weighted by atomic mass is 79.9. The van der Waals surface area contributed by atoms with Gasteiger partial charge < -0.3 is 9.15 Å². The number of benzene rings is 3. The highest BCUT2D eigenvalue weighted by Gasteiger charge is 2.39. The van der Waals surface area contributed by atoms with E-state index in [2.05, 4.69) is 15.9 Å². The number of ether oxygens (including phenoxy) is 1. The van der Waals surface area contributed by atoms with Crippen LogP contribution in [0.1, 0.15) is 11.3 Å². The quantitative estimate of drug-likeness (QED) is 0.325. The Hall–Kier alpha value is -3.06. The first kappa shape index (κ1) is 20.2. The molecule has 4 aromatic rings. The van der Waals surface area contributed by atoms with Crippen molar-refractivity contribution in [3.63, 3.8) is 0 Å². The van der Waals surface area contributed by atoms with E-state index in [9.17, 15) is 18.0 Å². The van der Waals surface area contributed by atoms with E-state index < -0.39 is 22.9 Å². The smallest absolute Gasteiger partial charge is 0.450 e. The summed E-state index contributed by atoms with van der Waals surface area (Å²) in [5, 5.41) is 0.0491. The summed E-state index contributed by atoms with van der Waals surface area (Å²) in [5.74, 6) is -1.03. The maximum Gasteiger partial charge on any atom is 0.450 e. The molecule has 0 bridgehead atoms. The fourth-order valence-electron chi connectivity index (χ4n) is 3.08. The van der Waals surface area contributed by atoms with E-state index in [-0.39, 0.29) is 23.1 Å². The van der Waals surface area contributed by atoms with Crippen LogP contribution in [0.25, 0.3) is 22.1 Å². The van der Waals surface area contributed by atoms with Gasteiger partial charge in [0.2, 0.25) is 11.2 Å². The molecule has 1 heterocycles. The molecule has 4 rings (SSSR count). The van der Waals surface area contributed by atoms with Gasteiger partial charge in [0.25, 0.3) is 0 Å². The van der Waals surface area contributed by atoms with Gasteiger partial charge in [-0.15, -0.1) is 0 Å². The molecular weight excluding hydrogens is 461 g/mol. The first-order chi connectivity index (χ1) is 14.3. The van der Waals surface area contributed by atoms with E-state index in [1.165, 1.54) is 24.3 Å². The number of rotatable bonds is 4. The second kappa shape index (κ2) is 7.99. The Kier molecular flexibility index (Phi) is 5.39. The topological polar surface area (TPSA) is 39.4 Å². The molecule has 0 aliphatic heterocycles. The van der Waals surface area contributed by atoms with Gasteiger partial charge in [-0.25, -0.2) is 0 Å². The van der Waals surface area contributed by atoms with Crippen molar-refractivity contribution in [2.24, 2.45) is 0 Å². The van der Waals surface area contributed by atoms with Crippen molar-refractivity contribution in [3.05, 3.63) is 98.8 Å². The molecule has 3 aromatic carbocycles. The summed E-state index contributed by atoms with van der Waals surface area (Å²) < 4.78 is 52.7. The van der Waals surface area contributed by atoms with E-state index in [1.54, 1.807) is 18.2 Å². The Morgan fingerprint density at radius 1 is 0.933 bits per heavy atom. The van der Waals surface area contributed by atoms with Crippen LogP contribution in [0.2, 0.25) is 0 Å². The zero-order valence-electron chi connectivity index (χ0n) is 15.4. The molecule has 7 heteroatoms. The Balaban J connectivity index is 1.81. The minimum atomic E-state index is -4.84. The fourth-order valence-corrected chi connectivity index (χ4v) is 3.35. The fraction of sp³-hybridized carbons (Fsp3) is 0.0870. The van der Waals surface area contributed by atoms with Gasteiger partial charge in [-0.3, -0.25) is 4.79 Å². The van der Waals surface area contributed by atoms with E-state index in [4.69, 9.17) is 9.15 Å². The van der Waals surface area contributed by atoms with Crippen molar-refractivity contribution in [2.75, 3.05) is 0 Å². The molecule has 0 saturated heterocycles. The number of halogens is 4. The van der Waals surface area contributed by atoms with Crippen LogP contribution in [0.15, 0.2) is 86.5 Å². The van der Waals surface area contributed by atoms with Gasteiger partial charge in [-0.1, -0.05) is 58.4 Å². The molecule has 0 spiro atoms. The molecule has 152 valence electrons. The summed E-state index contributed by atoms with van der Waals surface area (Å²) in [6, 6.07) is 19.6. The van der Waals surface area contributed by atoms with Crippen molar-refractivity contribution < 1.29 is 22.3 Å². The number of fused-ring (bicyclic) bond motifs is 1. The number of hydrogen-bond donors (Lipinski definition) is 0. The van der Waals surface area contributed by atoms with E-state index in [0.29, 0.717) is 10.2 Å². The van der Waals surface area contributed by atoms with Crippen molar-refractivity contribution in [3.8, 4) is 16.9 Å². The van der Waals surface area contributed by atoms with Gasteiger partial charge in [-0.2, -0.15) is 13.2 Å². The lowest BCUT2D eigenvalue weighted by atomic mass is 10.0. The first-order valence-electron chi connectivity index (χ1n) is 8.93. The summed E-state index contributed by atoms with van der Waals surface area (Å²) in [6.07, 6.45) is -4.84. The van der Waals surface area contributed by atoms with E-state index in [1.807, 2.05) is 30.3 Å². The minimum absolute atomic E-state index is 0.0491. The van der Waals surface area contributed by atoms with Crippen molar-refractivity contribution in [2.45, 2.75) is 12.8 Å². The molecule has 0 radical (unpaired) electrons. The lowest BCUT2D eigenvalue weighted by molar-refractivity contribution is -0.152. The largest absolute Gasteiger partial charge is 0.489 e. The molecule has 0 fully saturated rings. The second-order valence-electron chi connectivity index (χ2n) is 6.57. The minimum Gasteiger partial charge on any atom is -0.489 e. The Morgan fingerprint density at radius 3 is 2.30 bits per heavy atom. The maximum atomic E-state index is 13.7. The van der Waals surface area contributed by atoms with Crippen LogP contribution in [0, 0.1) is 0 Å². The Bertz CT molecular complexity index is 1250. The van der Waals surface area contributed by atoms with Crippen LogP contribution in [0.5, 0.6) is 5.75 Å². The predicted octanol–water partition coefficient (Wildman–Crippen LogP) is 6.82. The lowest BCUT2D eigenvalue weighted by Crippen LogP contribution is -2.16. The van der Waals surface area contributed by atoms with Crippen LogP contribution < -0.4 is 10.2 Å². The third-order valence-electron chi connectivity index (χ3n) is 4.50. The number of alkyl halides is 3. The molecule has 0 atom stereocenters. The highest BCUT2D eigenvalue weighted by molar-refractivity contribution is 9.10. The summed E-state index contributed by atoms with van der Waals surface area (Å²) in [4.78, 5) is 13.0. The molecule has 30 heavy (non-hydrogen) atoms. The molecule has 0 unspecified atom stereocenters. The van der Waals surface area contributed by atoms with E-state index in [0.717, 1.165) is 5.56 Å². The molecule has 3 nitrogen and oxygen atoms in total. The van der Waals surface area contributed by atoms with Gasteiger partial charge in [0.15, 0.2) is 0 Å². The molecule has 0 saturated carbocycles. The number of hydrogen-bond acceptors (Lipinski definition) is 3. The molecule has 0 aliphatic carbocycles. The van der Waals surface area contributed by atoms with Gasteiger partial charge in [-0.05, 0) is 35.4 Å². The van der Waals surface area contributed by atoms with Gasteiger partial charge in [0.1, 0.15) is 17.9 Å². The summed E-state index contributed by atoms with van der Waals surface area (Å²) in [6.45, 7) is 0.236. The maximum absolute atomic E-state index is 13.7. The van der Waals surface area contributed by atoms with Gasteiger partial charge in [0.05, 0.1) is 10.9 Å². The van der Waals surface area contributed by atoms with Crippen LogP contribution in [-0.4, -0.2) is 0 Å². The molecule has 0 N–H and O–H groups in total. The van der Waals surface area contributed by atoms with E-state index >= 15 is 0 Å². The summed E-state index contributed by atoms with van der Waals surface area (Å²) in [7, 11) is 0. The Morgan fingerprint density at radius 2 is 1.63 bits per heavy atom. The summed E-state index contributed by atoms with van der Waals surface area (Å²) >= 11 is 3.24. The zero-order chi connectivity index (χ0) is 21.3. The van der Waals surface area contributed by atoms with Crippen LogP contribution in [0.4, 0.5) is 13.2 Å². The monoisotopic (exact) mass is 474 g/mol. The Labute approximate surface area is 177 Å². The van der Waals surface area contributed by atoms with Crippen molar-refractivity contribution >= 4 is 26.9 Å². The molecule has 0 aliphatic rings. The molecule has 1 aromatic heterocycles. The predicted molar refractivity (Wildman–Crippen MR) is 111 cm³/mol. The van der Waals surface area contributed by atoms with Crippen LogP contribution in [0.3, 0.4) is 0 Å². The van der Waals surface area contributed by atoms with Crippen LogP contribution >= 0.6 is 15.9 Å². The second-order valence-corrected chi connectivity index (χ2v) is 7.49. The van der Waals surface area contributed by atoms with Gasteiger partial charge >= 0.3 is 6.18 Å². The zero-order valence-corrected chi connectivity index (χ0v) is 17.0. The van der Waals surface area contributed by atoms with Crippen molar-refractivity contribution in [1.29, 1.82) is 0 Å². The lowest BCUT2D eigenvalue weighted by Gasteiger charge is -2.13. The standard InChI is InChI=1S/C23H14BrF3O3/c24-16-8-6-15(7-9-16)20-21(28)18-11-10-17(29-13-14-4-2-1-3-5-14)12-19(18)30-22(20)23(25,26)27/h1-12H,13H2. The average molecular weight is 475 g/mol. The normalized spacial score (nSPS) is 11.6. The van der Waals surface area contributed by atoms with Crippen molar-refractivity contribution in [1.82, 2.24) is 0 Å². The van der Waals surface area contributed by atoms with Gasteiger partial charge in [0, 0.05) is 10.5 Å². The third kappa shape index (κ3) is 4.11. The van der Waals surface area contributed by atoms with Crippen LogP contribution in [-0.2, 0) is 12.8 Å². The SMILES string of the molecule is O=c1c(-c2ccc(Br)cc2)c(C(F)(F)F)oc2cc(OCc3ccccc3)ccc12. The average Bonchev–Trinajstić information content (AvgIpc) is 2.73. The third-order valence-corrected chi connectivity index (χ3v) is 5.03. The highest BCUT2D eigenvalue weighted by Crippen LogP contribution is 2.38. The summed E-state index contributed by atoms with van der Waals surface area (Å²) in [5.41, 5.74) is -0.411. The molecule has 0 amide bonds.